The van der Waals surface area contributed by atoms with Gasteiger partial charge in [-0.3, -0.25) is 19.2 Å². The molecule has 0 aliphatic carbocycles. The van der Waals surface area contributed by atoms with E-state index in [9.17, 15) is 13.8 Å². The minimum absolute atomic E-state index is 0.116. The summed E-state index contributed by atoms with van der Waals surface area (Å²) < 4.78 is 25.8. The Morgan fingerprint density at radius 3 is 2.15 bits per heavy atom. The van der Waals surface area contributed by atoms with Crippen molar-refractivity contribution >= 4 is 34.1 Å². The Labute approximate surface area is 317 Å². The first kappa shape index (κ1) is 41.8. The summed E-state index contributed by atoms with van der Waals surface area (Å²) in [5.74, 6) is 1.38. The molecule has 9 heteroatoms. The number of hydrogen-bond donors (Lipinski definition) is 2. The highest BCUT2D eigenvalue weighted by Crippen LogP contribution is 2.46. The van der Waals surface area contributed by atoms with Gasteiger partial charge in [-0.05, 0) is 56.2 Å². The van der Waals surface area contributed by atoms with Gasteiger partial charge in [0.05, 0.1) is 18.5 Å². The van der Waals surface area contributed by atoms with Crippen LogP contribution in [0.25, 0.3) is 5.57 Å². The van der Waals surface area contributed by atoms with E-state index in [1.807, 2.05) is 24.3 Å². The van der Waals surface area contributed by atoms with E-state index >= 15 is 0 Å². The van der Waals surface area contributed by atoms with Crippen LogP contribution in [-0.2, 0) is 20.3 Å². The summed E-state index contributed by atoms with van der Waals surface area (Å²) in [4.78, 5) is 28.0. The molecule has 8 nitrogen and oxygen atoms in total. The maximum absolute atomic E-state index is 14.0. The number of anilines is 1. The highest BCUT2D eigenvalue weighted by Gasteiger charge is 2.50. The molecule has 1 aromatic rings. The number of imide groups is 1. The van der Waals surface area contributed by atoms with Crippen LogP contribution in [0.1, 0.15) is 135 Å². The van der Waals surface area contributed by atoms with Crippen molar-refractivity contribution in [2.24, 2.45) is 11.8 Å². The van der Waals surface area contributed by atoms with Gasteiger partial charge in [-0.2, -0.15) is 0 Å². The molecule has 3 unspecified atom stereocenters. The molecule has 1 aromatic carbocycles. The van der Waals surface area contributed by atoms with Crippen molar-refractivity contribution in [3.63, 3.8) is 0 Å². The van der Waals surface area contributed by atoms with Crippen LogP contribution in [-0.4, -0.2) is 64.6 Å². The molecule has 3 saturated heterocycles. The zero-order valence-corrected chi connectivity index (χ0v) is 33.3. The van der Waals surface area contributed by atoms with Gasteiger partial charge in [-0.15, -0.1) is 6.58 Å². The number of alkyl carbamates (subject to hydrolysis) is 1. The number of carbonyl (C=O) groups is 2. The molecular formula is C43H67N3O5S. The second-order valence-corrected chi connectivity index (χ2v) is 17.0. The predicted octanol–water partition coefficient (Wildman–Crippen LogP) is 9.93. The van der Waals surface area contributed by atoms with Gasteiger partial charge in [0, 0.05) is 52.0 Å². The molecule has 5 rings (SSSR count). The van der Waals surface area contributed by atoms with E-state index in [1.165, 1.54) is 89.9 Å². The monoisotopic (exact) mass is 737 g/mol. The van der Waals surface area contributed by atoms with Gasteiger partial charge < -0.3 is 14.8 Å². The third-order valence-corrected chi connectivity index (χ3v) is 13.1. The molecule has 2 N–H and O–H groups in total. The Morgan fingerprint density at radius 2 is 1.60 bits per heavy atom. The van der Waals surface area contributed by atoms with Crippen molar-refractivity contribution in [1.82, 2.24) is 10.2 Å². The molecule has 0 saturated carbocycles. The molecule has 4 aliphatic heterocycles. The Bertz CT molecular complexity index is 1380. The molecule has 52 heavy (non-hydrogen) atoms. The number of methoxy groups -OCH3 is 1. The molecule has 2 bridgehead atoms. The number of nitrogens with one attached hydrogen (secondary N) is 2. The molecular weight excluding hydrogens is 671 g/mol. The van der Waals surface area contributed by atoms with Gasteiger partial charge in [0.2, 0.25) is 0 Å². The summed E-state index contributed by atoms with van der Waals surface area (Å²) in [6.07, 6.45) is 25.2. The number of ether oxygens (including phenoxy) is 2. The average Bonchev–Trinajstić information content (AvgIpc) is 3.15. The van der Waals surface area contributed by atoms with Crippen molar-refractivity contribution in [3.8, 4) is 5.75 Å². The third kappa shape index (κ3) is 12.3. The fraction of sp³-hybridized carbons (Fsp3) is 0.674. The Hall–Kier alpha value is -2.91. The van der Waals surface area contributed by atoms with E-state index in [0.29, 0.717) is 18.0 Å². The zero-order valence-electron chi connectivity index (χ0n) is 32.4. The van der Waals surface area contributed by atoms with E-state index in [2.05, 4.69) is 41.7 Å². The summed E-state index contributed by atoms with van der Waals surface area (Å²) in [5, 5.41) is 5.64. The van der Waals surface area contributed by atoms with E-state index in [1.54, 1.807) is 14.0 Å². The van der Waals surface area contributed by atoms with Crippen molar-refractivity contribution in [1.29, 1.82) is 0 Å². The number of unbranched alkanes of at least 4 members (excludes halogenated alkanes) is 15. The van der Waals surface area contributed by atoms with Gasteiger partial charge in [0.15, 0.2) is 0 Å². The lowest BCUT2D eigenvalue weighted by molar-refractivity contribution is -0.117. The van der Waals surface area contributed by atoms with Gasteiger partial charge in [0.25, 0.3) is 5.91 Å². The molecule has 0 aromatic heterocycles. The van der Waals surface area contributed by atoms with Gasteiger partial charge in [-0.1, -0.05) is 122 Å². The summed E-state index contributed by atoms with van der Waals surface area (Å²) in [7, 11) is 0.589. The van der Waals surface area contributed by atoms with Crippen LogP contribution in [0.5, 0.6) is 5.75 Å². The first-order chi connectivity index (χ1) is 25.3. The molecule has 0 radical (unpaired) electrons. The summed E-state index contributed by atoms with van der Waals surface area (Å²) in [6, 6.07) is 5.63. The van der Waals surface area contributed by atoms with E-state index in [-0.39, 0.29) is 28.8 Å². The van der Waals surface area contributed by atoms with Crippen LogP contribution in [0.3, 0.4) is 0 Å². The quantitative estimate of drug-likeness (QED) is 0.0620. The van der Waals surface area contributed by atoms with Crippen molar-refractivity contribution < 1.29 is 23.3 Å². The van der Waals surface area contributed by atoms with Crippen molar-refractivity contribution in [2.75, 3.05) is 31.3 Å². The fourth-order valence-electron chi connectivity index (χ4n) is 8.28. The van der Waals surface area contributed by atoms with Gasteiger partial charge in [0.1, 0.15) is 11.9 Å². The van der Waals surface area contributed by atoms with Crippen LogP contribution >= 0.6 is 0 Å². The van der Waals surface area contributed by atoms with Crippen LogP contribution in [0.4, 0.5) is 10.5 Å². The molecule has 3 fully saturated rings. The minimum Gasteiger partial charge on any atom is -0.497 e. The molecule has 7 atom stereocenters. The third-order valence-electron chi connectivity index (χ3n) is 11.3. The lowest BCUT2D eigenvalue weighted by atomic mass is 9.72. The topological polar surface area (TPSA) is 97.0 Å². The SMILES string of the molecule is C=C[C@H]1CN2C(S(=O)CCCCCCCCCCCCCCCCCC)C[C@@H]1C[C@@H]2[C@@H](OC(=O)NC(=O)C(=C)C)C1=CCNc2ccc(OC)cc21. The van der Waals surface area contributed by atoms with Crippen LogP contribution in [0.2, 0.25) is 0 Å². The molecule has 290 valence electrons. The van der Waals surface area contributed by atoms with Crippen LogP contribution < -0.4 is 15.4 Å². The normalized spacial score (nSPS) is 23.1. The summed E-state index contributed by atoms with van der Waals surface area (Å²) in [6.45, 7) is 12.9. The lowest BCUT2D eigenvalue weighted by Crippen LogP contribution is -2.63. The molecule has 4 heterocycles. The minimum atomic E-state index is -1.04. The maximum atomic E-state index is 14.0. The highest BCUT2D eigenvalue weighted by atomic mass is 32.2. The number of amides is 2. The van der Waals surface area contributed by atoms with Crippen LogP contribution in [0, 0.1) is 11.8 Å². The fourth-order valence-corrected chi connectivity index (χ4v) is 10.1. The van der Waals surface area contributed by atoms with E-state index < -0.39 is 28.9 Å². The first-order valence-electron chi connectivity index (χ1n) is 20.3. The zero-order chi connectivity index (χ0) is 37.3. The Balaban J connectivity index is 1.32. The largest absolute Gasteiger partial charge is 0.497 e. The highest BCUT2D eigenvalue weighted by molar-refractivity contribution is 7.85. The van der Waals surface area contributed by atoms with Crippen LogP contribution in [0.15, 0.2) is 49.1 Å². The van der Waals surface area contributed by atoms with E-state index in [4.69, 9.17) is 9.47 Å². The second kappa shape index (κ2) is 22.3. The number of benzene rings is 1. The summed E-state index contributed by atoms with van der Waals surface area (Å²) in [5.41, 5.74) is 2.90. The number of fused-ring (bicyclic) bond motifs is 4. The molecule has 2 amide bonds. The Morgan fingerprint density at radius 1 is 0.981 bits per heavy atom. The average molecular weight is 738 g/mol. The van der Waals surface area contributed by atoms with E-state index in [0.717, 1.165) is 49.1 Å². The Kier molecular flexibility index (Phi) is 18.0. The van der Waals surface area contributed by atoms with Gasteiger partial charge >= 0.3 is 6.09 Å². The van der Waals surface area contributed by atoms with Crippen molar-refractivity contribution in [3.05, 3.63) is 54.6 Å². The molecule has 4 aliphatic rings. The summed E-state index contributed by atoms with van der Waals surface area (Å²) >= 11 is 0. The first-order valence-corrected chi connectivity index (χ1v) is 21.7. The van der Waals surface area contributed by atoms with Gasteiger partial charge in [-0.25, -0.2) is 4.79 Å². The number of rotatable bonds is 24. The standard InChI is InChI=1S/C43H67N3O5S/c1-6-8-9-10-11-12-13-14-15-16-17-18-19-20-21-22-27-52(49)40-29-34-28-39(46(40)31-33(34)7-2)41(51-43(48)45-42(47)32(3)4)36-25-26-44-38-24-23-35(50-5)30-37(36)38/h7,23-25,30,33-34,39-41,44H,2-3,6,8-22,26-29,31H2,1,4-5H3,(H,45,47,48)/t33-,34-,39+,40?,41-,52?/m0/s1. The second-order valence-electron chi connectivity index (χ2n) is 15.3. The number of carbonyl (C=O) groups excluding carboxylic acids is 2. The number of nitrogens with zero attached hydrogens (tertiary/aromatic N) is 1. The number of hydrogen-bond acceptors (Lipinski definition) is 7. The van der Waals surface area contributed by atoms with Crippen molar-refractivity contribution in [2.45, 2.75) is 147 Å². The molecule has 0 spiro atoms. The number of piperidine rings is 3. The predicted molar refractivity (Wildman–Crippen MR) is 216 cm³/mol. The lowest BCUT2D eigenvalue weighted by Gasteiger charge is -2.55. The smallest absolute Gasteiger partial charge is 0.414 e. The maximum Gasteiger partial charge on any atom is 0.414 e.